The molecule has 1 aliphatic carbocycles. The summed E-state index contributed by atoms with van der Waals surface area (Å²) < 4.78 is 1.89. The Hall–Kier alpha value is -1.81. The third-order valence-electron chi connectivity index (χ3n) is 3.71. The van der Waals surface area contributed by atoms with Crippen LogP contribution in [0.5, 0.6) is 0 Å². The molecule has 0 spiro atoms. The molecule has 0 radical (unpaired) electrons. The van der Waals surface area contributed by atoms with Crippen molar-refractivity contribution in [3.05, 3.63) is 47.1 Å². The molecule has 1 aromatic heterocycles. The van der Waals surface area contributed by atoms with Crippen LogP contribution < -0.4 is 5.32 Å². The predicted octanol–water partition coefficient (Wildman–Crippen LogP) is 3.76. The first kappa shape index (κ1) is 13.2. The molecule has 1 atom stereocenters. The number of nitrogens with one attached hydrogen (secondary N) is 1. The summed E-state index contributed by atoms with van der Waals surface area (Å²) in [7, 11) is 0. The summed E-state index contributed by atoms with van der Waals surface area (Å²) in [6.07, 6.45) is 4.20. The molecule has 4 nitrogen and oxygen atoms in total. The quantitative estimate of drug-likeness (QED) is 0.931. The van der Waals surface area contributed by atoms with Crippen molar-refractivity contribution >= 4 is 23.3 Å². The smallest absolute Gasteiger partial charge is 0.256 e. The lowest BCUT2D eigenvalue weighted by Crippen LogP contribution is -2.18. The van der Waals surface area contributed by atoms with Crippen LogP contribution in [0, 0.1) is 5.92 Å². The summed E-state index contributed by atoms with van der Waals surface area (Å²) in [5.74, 6) is 1.27. The van der Waals surface area contributed by atoms with Gasteiger partial charge in [-0.25, -0.2) is 4.68 Å². The SMILES string of the molecule is C[C@@H](C1CC1)n1nccc1NC(=O)c1ccc(Cl)cc1. The van der Waals surface area contributed by atoms with Crippen molar-refractivity contribution in [2.45, 2.75) is 25.8 Å². The van der Waals surface area contributed by atoms with Crippen molar-refractivity contribution in [2.75, 3.05) is 5.32 Å². The molecule has 1 fully saturated rings. The molecule has 5 heteroatoms. The highest BCUT2D eigenvalue weighted by Gasteiger charge is 2.30. The van der Waals surface area contributed by atoms with Gasteiger partial charge in [-0.3, -0.25) is 4.79 Å². The van der Waals surface area contributed by atoms with Gasteiger partial charge in [0, 0.05) is 16.7 Å². The standard InChI is InChI=1S/C15H16ClN3O/c1-10(11-2-3-11)19-14(8-9-17-19)18-15(20)12-4-6-13(16)7-5-12/h4-11H,2-3H2,1H3,(H,18,20)/t10-/m0/s1. The van der Waals surface area contributed by atoms with Crippen molar-refractivity contribution < 1.29 is 4.79 Å². The number of halogens is 1. The number of hydrogen-bond acceptors (Lipinski definition) is 2. The van der Waals surface area contributed by atoms with Crippen LogP contribution >= 0.6 is 11.6 Å². The van der Waals surface area contributed by atoms with E-state index in [0.29, 0.717) is 22.5 Å². The van der Waals surface area contributed by atoms with Crippen LogP contribution in [0.4, 0.5) is 5.82 Å². The van der Waals surface area contributed by atoms with Crippen molar-refractivity contribution in [1.82, 2.24) is 9.78 Å². The zero-order chi connectivity index (χ0) is 14.1. The average Bonchev–Trinajstić information content (AvgIpc) is 3.19. The molecular formula is C15H16ClN3O. The van der Waals surface area contributed by atoms with Gasteiger partial charge in [-0.15, -0.1) is 0 Å². The fourth-order valence-electron chi connectivity index (χ4n) is 2.31. The monoisotopic (exact) mass is 289 g/mol. The molecule has 0 bridgehead atoms. The van der Waals surface area contributed by atoms with E-state index in [9.17, 15) is 4.79 Å². The van der Waals surface area contributed by atoms with Gasteiger partial charge in [0.15, 0.2) is 0 Å². The Morgan fingerprint density at radius 3 is 2.70 bits per heavy atom. The summed E-state index contributed by atoms with van der Waals surface area (Å²) in [6.45, 7) is 2.14. The van der Waals surface area contributed by atoms with Gasteiger partial charge < -0.3 is 5.32 Å². The summed E-state index contributed by atoms with van der Waals surface area (Å²) in [6, 6.07) is 8.99. The van der Waals surface area contributed by atoms with Crippen LogP contribution in [0.2, 0.25) is 5.02 Å². The van der Waals surface area contributed by atoms with E-state index in [0.717, 1.165) is 5.82 Å². The molecule has 3 rings (SSSR count). The number of rotatable bonds is 4. The third-order valence-corrected chi connectivity index (χ3v) is 3.96. The number of amides is 1. The Morgan fingerprint density at radius 2 is 2.05 bits per heavy atom. The van der Waals surface area contributed by atoms with Gasteiger partial charge in [-0.1, -0.05) is 11.6 Å². The Labute approximate surface area is 122 Å². The topological polar surface area (TPSA) is 46.9 Å². The molecule has 1 N–H and O–H groups in total. The molecule has 2 aromatic rings. The minimum atomic E-state index is -0.147. The zero-order valence-corrected chi connectivity index (χ0v) is 12.0. The Bertz CT molecular complexity index is 616. The Morgan fingerprint density at radius 1 is 1.35 bits per heavy atom. The first-order valence-corrected chi connectivity index (χ1v) is 7.13. The number of carbonyl (C=O) groups excluding carboxylic acids is 1. The highest BCUT2D eigenvalue weighted by molar-refractivity contribution is 6.30. The van der Waals surface area contributed by atoms with E-state index in [2.05, 4.69) is 17.3 Å². The van der Waals surface area contributed by atoms with Crippen molar-refractivity contribution in [2.24, 2.45) is 5.92 Å². The molecule has 0 unspecified atom stereocenters. The number of hydrogen-bond donors (Lipinski definition) is 1. The van der Waals surface area contributed by atoms with Gasteiger partial charge in [0.25, 0.3) is 5.91 Å². The Balaban J connectivity index is 1.76. The van der Waals surface area contributed by atoms with Gasteiger partial charge in [-0.05, 0) is 49.9 Å². The summed E-state index contributed by atoms with van der Waals surface area (Å²) in [4.78, 5) is 12.2. The molecule has 1 heterocycles. The van der Waals surface area contributed by atoms with Crippen LogP contribution in [-0.4, -0.2) is 15.7 Å². The molecule has 1 aliphatic rings. The number of anilines is 1. The normalized spacial score (nSPS) is 15.9. The maximum atomic E-state index is 12.2. The lowest BCUT2D eigenvalue weighted by Gasteiger charge is -2.15. The first-order chi connectivity index (χ1) is 9.65. The molecule has 0 saturated heterocycles. The average molecular weight is 290 g/mol. The minimum Gasteiger partial charge on any atom is -0.307 e. The van der Waals surface area contributed by atoms with E-state index >= 15 is 0 Å². The lowest BCUT2D eigenvalue weighted by atomic mass is 10.2. The zero-order valence-electron chi connectivity index (χ0n) is 11.2. The van der Waals surface area contributed by atoms with E-state index in [1.807, 2.05) is 10.7 Å². The summed E-state index contributed by atoms with van der Waals surface area (Å²) in [5, 5.41) is 7.85. The van der Waals surface area contributed by atoms with Gasteiger partial charge in [-0.2, -0.15) is 5.10 Å². The van der Waals surface area contributed by atoms with E-state index in [1.165, 1.54) is 12.8 Å². The van der Waals surface area contributed by atoms with E-state index in [1.54, 1.807) is 30.5 Å². The number of aromatic nitrogens is 2. The maximum Gasteiger partial charge on any atom is 0.256 e. The van der Waals surface area contributed by atoms with Crippen molar-refractivity contribution in [1.29, 1.82) is 0 Å². The fourth-order valence-corrected chi connectivity index (χ4v) is 2.43. The van der Waals surface area contributed by atoms with Crippen LogP contribution in [0.1, 0.15) is 36.2 Å². The van der Waals surface area contributed by atoms with E-state index < -0.39 is 0 Å². The summed E-state index contributed by atoms with van der Waals surface area (Å²) in [5.41, 5.74) is 0.584. The number of nitrogens with zero attached hydrogens (tertiary/aromatic N) is 2. The number of benzene rings is 1. The van der Waals surface area contributed by atoms with Gasteiger partial charge in [0.05, 0.1) is 12.2 Å². The molecular weight excluding hydrogens is 274 g/mol. The molecule has 20 heavy (non-hydrogen) atoms. The van der Waals surface area contributed by atoms with Crippen molar-refractivity contribution in [3.63, 3.8) is 0 Å². The molecule has 1 amide bonds. The van der Waals surface area contributed by atoms with Gasteiger partial charge in [0.2, 0.25) is 0 Å². The molecule has 1 aromatic carbocycles. The molecule has 0 aliphatic heterocycles. The second-order valence-corrected chi connectivity index (χ2v) is 5.64. The third kappa shape index (κ3) is 2.70. The van der Waals surface area contributed by atoms with Gasteiger partial charge >= 0.3 is 0 Å². The van der Waals surface area contributed by atoms with Gasteiger partial charge in [0.1, 0.15) is 5.82 Å². The van der Waals surface area contributed by atoms with E-state index in [-0.39, 0.29) is 5.91 Å². The fraction of sp³-hybridized carbons (Fsp3) is 0.333. The van der Waals surface area contributed by atoms with Crippen LogP contribution in [0.25, 0.3) is 0 Å². The largest absolute Gasteiger partial charge is 0.307 e. The van der Waals surface area contributed by atoms with Crippen molar-refractivity contribution in [3.8, 4) is 0 Å². The first-order valence-electron chi connectivity index (χ1n) is 6.75. The predicted molar refractivity (Wildman–Crippen MR) is 79.1 cm³/mol. The summed E-state index contributed by atoms with van der Waals surface area (Å²) >= 11 is 5.82. The second-order valence-electron chi connectivity index (χ2n) is 5.20. The highest BCUT2D eigenvalue weighted by Crippen LogP contribution is 2.40. The second kappa shape index (κ2) is 5.29. The minimum absolute atomic E-state index is 0.147. The maximum absolute atomic E-state index is 12.2. The molecule has 104 valence electrons. The van der Waals surface area contributed by atoms with Crippen LogP contribution in [0.15, 0.2) is 36.5 Å². The van der Waals surface area contributed by atoms with E-state index in [4.69, 9.17) is 11.6 Å². The lowest BCUT2D eigenvalue weighted by molar-refractivity contribution is 0.102. The molecule has 1 saturated carbocycles. The van der Waals surface area contributed by atoms with Crippen LogP contribution in [-0.2, 0) is 0 Å². The van der Waals surface area contributed by atoms with Crippen LogP contribution in [0.3, 0.4) is 0 Å². The number of carbonyl (C=O) groups is 1. The Kier molecular flexibility index (Phi) is 3.49. The highest BCUT2D eigenvalue weighted by atomic mass is 35.5.